The molecule has 2 aromatic carbocycles. The molecular weight excluding hydrogens is 386 g/mol. The summed E-state index contributed by atoms with van der Waals surface area (Å²) in [5, 5.41) is 6.22. The van der Waals surface area contributed by atoms with Crippen molar-refractivity contribution in [2.45, 2.75) is 38.4 Å². The number of aryl methyl sites for hydroxylation is 1. The van der Waals surface area contributed by atoms with Crippen LogP contribution in [0.15, 0.2) is 53.1 Å². The number of aromatic nitrogens is 1. The molecule has 1 aliphatic rings. The van der Waals surface area contributed by atoms with E-state index in [1.807, 2.05) is 18.3 Å². The van der Waals surface area contributed by atoms with Gasteiger partial charge in [-0.3, -0.25) is 4.98 Å². The van der Waals surface area contributed by atoms with Crippen molar-refractivity contribution in [2.75, 3.05) is 21.2 Å². The molecule has 2 aromatic heterocycles. The molecule has 2 heterocycles. The van der Waals surface area contributed by atoms with Crippen molar-refractivity contribution in [3.05, 3.63) is 71.1 Å². The maximum Gasteiger partial charge on any atom is 0.134 e. The van der Waals surface area contributed by atoms with E-state index in [4.69, 9.17) is 9.15 Å². The lowest BCUT2D eigenvalue weighted by Crippen LogP contribution is -2.29. The number of fused-ring (bicyclic) bond motifs is 2. The van der Waals surface area contributed by atoms with Crippen LogP contribution in [-0.2, 0) is 18.6 Å². The fourth-order valence-electron chi connectivity index (χ4n) is 4.48. The van der Waals surface area contributed by atoms with Crippen LogP contribution in [0, 0.1) is 6.92 Å². The smallest absolute Gasteiger partial charge is 0.134 e. The zero-order chi connectivity index (χ0) is 21.6. The summed E-state index contributed by atoms with van der Waals surface area (Å²) in [5.41, 5.74) is 5.74. The summed E-state index contributed by atoms with van der Waals surface area (Å²) in [4.78, 5) is 6.68. The number of nitrogens with zero attached hydrogens (tertiary/aromatic N) is 2. The Morgan fingerprint density at radius 1 is 1.16 bits per heavy atom. The molecule has 160 valence electrons. The van der Waals surface area contributed by atoms with Crippen LogP contribution in [0.4, 0.5) is 0 Å². The number of ether oxygens (including phenoxy) is 1. The normalized spacial score (nSPS) is 15.1. The molecule has 1 N–H and O–H groups in total. The van der Waals surface area contributed by atoms with Crippen LogP contribution in [0.25, 0.3) is 21.9 Å². The largest absolute Gasteiger partial charge is 0.497 e. The molecule has 5 nitrogen and oxygen atoms in total. The lowest BCUT2D eigenvalue weighted by atomic mass is 9.97. The Morgan fingerprint density at radius 3 is 2.74 bits per heavy atom. The van der Waals surface area contributed by atoms with Gasteiger partial charge >= 0.3 is 0 Å². The number of rotatable bonds is 7. The van der Waals surface area contributed by atoms with Gasteiger partial charge in [0.05, 0.1) is 19.2 Å². The van der Waals surface area contributed by atoms with Crippen molar-refractivity contribution in [3.8, 4) is 5.75 Å². The van der Waals surface area contributed by atoms with E-state index in [0.29, 0.717) is 0 Å². The van der Waals surface area contributed by atoms with Crippen LogP contribution >= 0.6 is 0 Å². The average Bonchev–Trinajstić information content (AvgIpc) is 3.45. The van der Waals surface area contributed by atoms with Crippen molar-refractivity contribution in [1.29, 1.82) is 0 Å². The van der Waals surface area contributed by atoms with Crippen molar-refractivity contribution >= 4 is 21.9 Å². The van der Waals surface area contributed by atoms with Crippen LogP contribution in [-0.4, -0.2) is 31.1 Å². The van der Waals surface area contributed by atoms with Crippen molar-refractivity contribution in [2.24, 2.45) is 0 Å². The lowest BCUT2D eigenvalue weighted by Gasteiger charge is -2.21. The van der Waals surface area contributed by atoms with Gasteiger partial charge in [-0.15, -0.1) is 0 Å². The fraction of sp³-hybridized carbons (Fsp3) is 0.346. The van der Waals surface area contributed by atoms with E-state index in [2.05, 4.69) is 66.6 Å². The van der Waals surface area contributed by atoms with Gasteiger partial charge < -0.3 is 19.4 Å². The predicted octanol–water partition coefficient (Wildman–Crippen LogP) is 5.14. The third-order valence-corrected chi connectivity index (χ3v) is 6.31. The molecule has 4 aromatic rings. The van der Waals surface area contributed by atoms with Gasteiger partial charge in [0.25, 0.3) is 0 Å². The van der Waals surface area contributed by atoms with E-state index in [1.165, 1.54) is 27.5 Å². The van der Waals surface area contributed by atoms with E-state index < -0.39 is 0 Å². The summed E-state index contributed by atoms with van der Waals surface area (Å²) in [5.74, 6) is 1.86. The summed E-state index contributed by atoms with van der Waals surface area (Å²) in [7, 11) is 5.83. The molecule has 0 unspecified atom stereocenters. The zero-order valence-electron chi connectivity index (χ0n) is 18.7. The maximum atomic E-state index is 6.10. The molecule has 1 saturated carbocycles. The molecule has 31 heavy (non-hydrogen) atoms. The highest BCUT2D eigenvalue weighted by Crippen LogP contribution is 2.49. The van der Waals surface area contributed by atoms with Crippen molar-refractivity contribution in [1.82, 2.24) is 15.2 Å². The van der Waals surface area contributed by atoms with Crippen LogP contribution < -0.4 is 10.1 Å². The Labute approximate surface area is 183 Å². The number of nitrogens with one attached hydrogen (secondary N) is 1. The first-order chi connectivity index (χ1) is 15.0. The first kappa shape index (κ1) is 20.0. The number of hydrogen-bond acceptors (Lipinski definition) is 5. The number of methoxy groups -OCH3 is 1. The Morgan fingerprint density at radius 2 is 2.00 bits per heavy atom. The molecule has 5 heteroatoms. The topological polar surface area (TPSA) is 50.5 Å². The summed E-state index contributed by atoms with van der Waals surface area (Å²) >= 11 is 0. The molecule has 0 atom stereocenters. The monoisotopic (exact) mass is 415 g/mol. The molecule has 5 rings (SSSR count). The Kier molecular flexibility index (Phi) is 4.95. The highest BCUT2D eigenvalue weighted by Gasteiger charge is 2.45. The first-order valence-electron chi connectivity index (χ1n) is 10.8. The quantitative estimate of drug-likeness (QED) is 0.453. The molecule has 0 saturated heterocycles. The summed E-state index contributed by atoms with van der Waals surface area (Å²) in [6.07, 6.45) is 4.06. The van der Waals surface area contributed by atoms with Gasteiger partial charge in [-0.25, -0.2) is 0 Å². The highest BCUT2D eigenvalue weighted by molar-refractivity contribution is 5.85. The second-order valence-electron chi connectivity index (χ2n) is 8.95. The highest BCUT2D eigenvalue weighted by atomic mass is 16.5. The van der Waals surface area contributed by atoms with E-state index in [1.54, 1.807) is 7.11 Å². The van der Waals surface area contributed by atoms with E-state index >= 15 is 0 Å². The molecular formula is C26H29N3O2. The average molecular weight is 416 g/mol. The standard InChI is InChI=1S/C26H29N3O2/c1-17-10-18-11-21(16-29(2)3)31-25(18)12-19(17)15-28-26(7-8-26)23-13-20(30-4)14-24-22(23)6-5-9-27-24/h5-6,9-14,28H,7-8,15-16H2,1-4H3. The molecule has 0 aliphatic heterocycles. The SMILES string of the molecule is COc1cc(C2(NCc3cc4oc(CN(C)C)cc4cc3C)CC2)c2cccnc2c1. The fourth-order valence-corrected chi connectivity index (χ4v) is 4.48. The van der Waals surface area contributed by atoms with Gasteiger partial charge in [0.15, 0.2) is 0 Å². The Bertz CT molecular complexity index is 1250. The van der Waals surface area contributed by atoms with Crippen LogP contribution in [0.1, 0.15) is 35.3 Å². The Balaban J connectivity index is 1.44. The van der Waals surface area contributed by atoms with E-state index in [9.17, 15) is 0 Å². The molecule has 0 radical (unpaired) electrons. The van der Waals surface area contributed by atoms with Crippen LogP contribution in [0.3, 0.4) is 0 Å². The first-order valence-corrected chi connectivity index (χ1v) is 10.8. The van der Waals surface area contributed by atoms with Gasteiger partial charge in [0.2, 0.25) is 0 Å². The van der Waals surface area contributed by atoms with Gasteiger partial charge in [-0.05, 0) is 80.9 Å². The minimum atomic E-state index is -0.0313. The molecule has 0 spiro atoms. The van der Waals surface area contributed by atoms with E-state index in [-0.39, 0.29) is 5.54 Å². The summed E-state index contributed by atoms with van der Waals surface area (Å²) in [6.45, 7) is 3.78. The minimum Gasteiger partial charge on any atom is -0.497 e. The van der Waals surface area contributed by atoms with E-state index in [0.717, 1.165) is 48.5 Å². The number of pyridine rings is 1. The van der Waals surface area contributed by atoms with Gasteiger partial charge in [-0.1, -0.05) is 6.07 Å². The van der Waals surface area contributed by atoms with Crippen LogP contribution in [0.2, 0.25) is 0 Å². The van der Waals surface area contributed by atoms with Crippen molar-refractivity contribution in [3.63, 3.8) is 0 Å². The number of furan rings is 1. The molecule has 1 fully saturated rings. The van der Waals surface area contributed by atoms with Crippen molar-refractivity contribution < 1.29 is 9.15 Å². The predicted molar refractivity (Wildman–Crippen MR) is 124 cm³/mol. The van der Waals surface area contributed by atoms with Gasteiger partial charge in [0.1, 0.15) is 17.1 Å². The summed E-state index contributed by atoms with van der Waals surface area (Å²) in [6, 6.07) is 14.9. The third kappa shape index (κ3) is 3.80. The second kappa shape index (κ2) is 7.66. The zero-order valence-corrected chi connectivity index (χ0v) is 18.7. The second-order valence-corrected chi connectivity index (χ2v) is 8.95. The maximum absolute atomic E-state index is 6.10. The third-order valence-electron chi connectivity index (χ3n) is 6.31. The molecule has 0 bridgehead atoms. The Hall–Kier alpha value is -2.89. The van der Waals surface area contributed by atoms with Crippen LogP contribution in [0.5, 0.6) is 5.75 Å². The lowest BCUT2D eigenvalue weighted by molar-refractivity contribution is 0.358. The number of benzene rings is 2. The number of hydrogen-bond donors (Lipinski definition) is 1. The molecule has 0 amide bonds. The summed E-state index contributed by atoms with van der Waals surface area (Å²) < 4.78 is 11.7. The minimum absolute atomic E-state index is 0.0313. The molecule has 1 aliphatic carbocycles. The van der Waals surface area contributed by atoms with Gasteiger partial charge in [-0.2, -0.15) is 0 Å². The van der Waals surface area contributed by atoms with Gasteiger partial charge in [0, 0.05) is 35.1 Å².